The number of imidazole rings is 1. The van der Waals surface area contributed by atoms with Crippen LogP contribution >= 0.6 is 0 Å². The Hall–Kier alpha value is -4.51. The lowest BCUT2D eigenvalue weighted by atomic mass is 9.92. The molecule has 3 heterocycles. The van der Waals surface area contributed by atoms with Gasteiger partial charge in [0.2, 0.25) is 0 Å². The number of hydrogen-bond donors (Lipinski definition) is 0. The van der Waals surface area contributed by atoms with Gasteiger partial charge in [-0.25, -0.2) is 9.55 Å². The molecule has 0 atom stereocenters. The Morgan fingerprint density at radius 1 is 0.750 bits per heavy atom. The van der Waals surface area contributed by atoms with E-state index < -0.39 is 0 Å². The summed E-state index contributed by atoms with van der Waals surface area (Å²) in [5.41, 5.74) is 11.8. The number of furan rings is 1. The van der Waals surface area contributed by atoms with Crippen LogP contribution in [-0.2, 0) is 7.05 Å². The highest BCUT2D eigenvalue weighted by Crippen LogP contribution is 2.42. The topological polar surface area (TPSA) is 47.7 Å². The summed E-state index contributed by atoms with van der Waals surface area (Å²) >= 11 is 0. The molecular formula is C35H33N4O+. The predicted octanol–water partition coefficient (Wildman–Crippen LogP) is 8.52. The van der Waals surface area contributed by atoms with Crippen LogP contribution in [0.25, 0.3) is 61.1 Å². The number of hydrogen-bond acceptors (Lipinski definition) is 3. The average Bonchev–Trinajstić information content (AvgIpc) is 3.48. The Kier molecular flexibility index (Phi) is 5.53. The third kappa shape index (κ3) is 3.43. The first-order valence-corrected chi connectivity index (χ1v) is 14.0. The minimum Gasteiger partial charge on any atom is -0.453 e. The van der Waals surface area contributed by atoms with Crippen LogP contribution in [0.3, 0.4) is 0 Å². The molecule has 7 rings (SSSR count). The number of nitrogens with zero attached hydrogens (tertiary/aromatic N) is 4. The van der Waals surface area contributed by atoms with E-state index in [1.54, 1.807) is 12.4 Å². The lowest BCUT2D eigenvalue weighted by Crippen LogP contribution is -2.30. The summed E-state index contributed by atoms with van der Waals surface area (Å²) in [4.78, 5) is 9.16. The van der Waals surface area contributed by atoms with Crippen LogP contribution in [0.15, 0.2) is 83.5 Å². The normalized spacial score (nSPS) is 12.2. The largest absolute Gasteiger partial charge is 0.453 e. The Labute approximate surface area is 233 Å². The maximum atomic E-state index is 6.80. The molecule has 4 aromatic carbocycles. The van der Waals surface area contributed by atoms with Crippen LogP contribution in [0.4, 0.5) is 0 Å². The molecule has 0 bridgehead atoms. The Bertz CT molecular complexity index is 2070. The number of benzene rings is 4. The van der Waals surface area contributed by atoms with Gasteiger partial charge < -0.3 is 4.42 Å². The van der Waals surface area contributed by atoms with E-state index >= 15 is 0 Å². The number of para-hydroxylation sites is 3. The highest BCUT2D eigenvalue weighted by Gasteiger charge is 2.33. The molecule has 0 N–H and O–H groups in total. The summed E-state index contributed by atoms with van der Waals surface area (Å²) in [6.45, 7) is 11.3. The van der Waals surface area contributed by atoms with Crippen LogP contribution in [0, 0.1) is 6.92 Å². The summed E-state index contributed by atoms with van der Waals surface area (Å²) in [6, 6.07) is 24.0. The third-order valence-corrected chi connectivity index (χ3v) is 8.26. The maximum absolute atomic E-state index is 6.80. The van der Waals surface area contributed by atoms with E-state index in [4.69, 9.17) is 4.42 Å². The minimum atomic E-state index is 0.362. The van der Waals surface area contributed by atoms with Crippen LogP contribution < -0.4 is 4.57 Å². The quantitative estimate of drug-likeness (QED) is 0.216. The molecule has 0 aliphatic heterocycles. The zero-order valence-corrected chi connectivity index (χ0v) is 23.9. The van der Waals surface area contributed by atoms with Crippen LogP contribution in [0.2, 0.25) is 0 Å². The fourth-order valence-electron chi connectivity index (χ4n) is 6.30. The lowest BCUT2D eigenvalue weighted by molar-refractivity contribution is -0.633. The molecule has 0 aliphatic carbocycles. The standard InChI is InChI=1S/C35H33N4O/c1-20(2)23-10-9-11-24(21(3)4)32(23)39-29-13-8-7-12-28(29)38(6)35(39)30-22(5)14-15-25-26-16-17-27-31(37-19-18-36-27)34(26)40-33(25)30/h7-21H,1-6H3/q+1. The van der Waals surface area contributed by atoms with Crippen molar-refractivity contribution in [1.29, 1.82) is 0 Å². The van der Waals surface area contributed by atoms with E-state index in [1.807, 2.05) is 6.07 Å². The highest BCUT2D eigenvalue weighted by molar-refractivity contribution is 6.15. The van der Waals surface area contributed by atoms with Gasteiger partial charge in [0.05, 0.1) is 12.6 Å². The van der Waals surface area contributed by atoms with E-state index in [9.17, 15) is 0 Å². The van der Waals surface area contributed by atoms with Crippen LogP contribution in [0.1, 0.15) is 56.2 Å². The molecule has 0 aliphatic rings. The van der Waals surface area contributed by atoms with Gasteiger partial charge in [0.25, 0.3) is 5.82 Å². The van der Waals surface area contributed by atoms with Crippen molar-refractivity contribution in [3.63, 3.8) is 0 Å². The first-order chi connectivity index (χ1) is 19.4. The van der Waals surface area contributed by atoms with Gasteiger partial charge in [-0.05, 0) is 48.6 Å². The average molecular weight is 526 g/mol. The molecule has 0 amide bonds. The predicted molar refractivity (Wildman–Crippen MR) is 163 cm³/mol. The van der Waals surface area contributed by atoms with Crippen molar-refractivity contribution in [3.8, 4) is 17.1 Å². The van der Waals surface area contributed by atoms with Gasteiger partial charge in [0, 0.05) is 34.3 Å². The zero-order valence-electron chi connectivity index (χ0n) is 23.9. The van der Waals surface area contributed by atoms with Gasteiger partial charge in [-0.1, -0.05) is 70.2 Å². The van der Waals surface area contributed by atoms with E-state index in [0.29, 0.717) is 11.8 Å². The Morgan fingerprint density at radius 3 is 2.17 bits per heavy atom. The summed E-state index contributed by atoms with van der Waals surface area (Å²) in [7, 11) is 2.17. The molecule has 0 radical (unpaired) electrons. The molecule has 0 spiro atoms. The first kappa shape index (κ1) is 24.5. The smallest absolute Gasteiger partial charge is 0.299 e. The SMILES string of the molecule is Cc1ccc2c(oc3c2ccc2nccnc23)c1-c1n(-c2c(C(C)C)cccc2C(C)C)c2ccccc2[n+]1C. The number of aromatic nitrogens is 4. The van der Waals surface area contributed by atoms with E-state index in [-0.39, 0.29) is 0 Å². The van der Waals surface area contributed by atoms with Crippen molar-refractivity contribution in [2.24, 2.45) is 7.05 Å². The van der Waals surface area contributed by atoms with Crippen LogP contribution in [-0.4, -0.2) is 14.5 Å². The second-order valence-corrected chi connectivity index (χ2v) is 11.4. The molecule has 3 aromatic heterocycles. The Morgan fingerprint density at radius 2 is 1.43 bits per heavy atom. The molecule has 0 saturated carbocycles. The molecule has 5 nitrogen and oxygen atoms in total. The van der Waals surface area contributed by atoms with Gasteiger partial charge >= 0.3 is 0 Å². The molecule has 0 fully saturated rings. The second kappa shape index (κ2) is 9.02. The van der Waals surface area contributed by atoms with Crippen molar-refractivity contribution >= 4 is 44.0 Å². The molecule has 198 valence electrons. The van der Waals surface area contributed by atoms with Crippen LogP contribution in [0.5, 0.6) is 0 Å². The summed E-state index contributed by atoms with van der Waals surface area (Å²) in [5, 5.41) is 2.14. The molecule has 0 saturated heterocycles. The number of rotatable bonds is 4. The van der Waals surface area contributed by atoms with Crippen molar-refractivity contribution in [1.82, 2.24) is 14.5 Å². The summed E-state index contributed by atoms with van der Waals surface area (Å²) in [5.74, 6) is 1.83. The minimum absolute atomic E-state index is 0.362. The monoisotopic (exact) mass is 525 g/mol. The molecule has 40 heavy (non-hydrogen) atoms. The fourth-order valence-corrected chi connectivity index (χ4v) is 6.30. The zero-order chi connectivity index (χ0) is 27.7. The van der Waals surface area contributed by atoms with E-state index in [0.717, 1.165) is 49.9 Å². The molecule has 5 heteroatoms. The van der Waals surface area contributed by atoms with Crippen molar-refractivity contribution < 1.29 is 8.98 Å². The van der Waals surface area contributed by atoms with Crippen molar-refractivity contribution in [3.05, 3.63) is 95.8 Å². The van der Waals surface area contributed by atoms with Gasteiger partial charge in [0.15, 0.2) is 22.2 Å². The lowest BCUT2D eigenvalue weighted by Gasteiger charge is -2.18. The highest BCUT2D eigenvalue weighted by atomic mass is 16.3. The molecule has 0 unspecified atom stereocenters. The maximum Gasteiger partial charge on any atom is 0.299 e. The van der Waals surface area contributed by atoms with Gasteiger partial charge in [0.1, 0.15) is 16.8 Å². The van der Waals surface area contributed by atoms with Crippen molar-refractivity contribution in [2.75, 3.05) is 0 Å². The first-order valence-electron chi connectivity index (χ1n) is 14.0. The number of aryl methyl sites for hydroxylation is 2. The van der Waals surface area contributed by atoms with E-state index in [2.05, 4.69) is 121 Å². The Balaban J connectivity index is 1.68. The van der Waals surface area contributed by atoms with Gasteiger partial charge in [-0.15, -0.1) is 0 Å². The van der Waals surface area contributed by atoms with Gasteiger partial charge in [-0.3, -0.25) is 4.98 Å². The van der Waals surface area contributed by atoms with E-state index in [1.165, 1.54) is 27.8 Å². The summed E-state index contributed by atoms with van der Waals surface area (Å²) in [6.07, 6.45) is 3.46. The van der Waals surface area contributed by atoms with Gasteiger partial charge in [-0.2, -0.15) is 4.57 Å². The third-order valence-electron chi connectivity index (χ3n) is 8.26. The second-order valence-electron chi connectivity index (χ2n) is 11.4. The van der Waals surface area contributed by atoms with Crippen molar-refractivity contribution in [2.45, 2.75) is 46.5 Å². The number of fused-ring (bicyclic) bond motifs is 6. The summed E-state index contributed by atoms with van der Waals surface area (Å²) < 4.78 is 11.6. The molecular weight excluding hydrogens is 492 g/mol. The molecule has 7 aromatic rings. The fraction of sp³-hybridized carbons (Fsp3) is 0.229.